The van der Waals surface area contributed by atoms with Gasteiger partial charge in [0.15, 0.2) is 5.72 Å². The molecular weight excluding hydrogens is 347 g/mol. The second kappa shape index (κ2) is 5.87. The Hall–Kier alpha value is -2.76. The number of aromatic hydroxyl groups is 1. The molecule has 2 amide bonds. The van der Waals surface area contributed by atoms with Crippen LogP contribution in [0.4, 0.5) is 9.18 Å². The molecule has 0 aromatic heterocycles. The number of rotatable bonds is 1. The van der Waals surface area contributed by atoms with Gasteiger partial charge in [-0.3, -0.25) is 0 Å². The number of aryl methyl sites for hydroxylation is 1. The van der Waals surface area contributed by atoms with Crippen LogP contribution in [0.25, 0.3) is 0 Å². The average molecular weight is 370 g/mol. The lowest BCUT2D eigenvalue weighted by molar-refractivity contribution is -0.0239. The van der Waals surface area contributed by atoms with Gasteiger partial charge in [0, 0.05) is 35.9 Å². The van der Waals surface area contributed by atoms with Gasteiger partial charge < -0.3 is 20.5 Å². The van der Waals surface area contributed by atoms with E-state index in [0.717, 1.165) is 11.1 Å². The molecular formula is C21H23FN2O3. The van der Waals surface area contributed by atoms with Gasteiger partial charge in [0.2, 0.25) is 0 Å². The van der Waals surface area contributed by atoms with Crippen LogP contribution in [-0.4, -0.2) is 22.4 Å². The summed E-state index contributed by atoms with van der Waals surface area (Å²) in [6, 6.07) is 9.55. The van der Waals surface area contributed by atoms with Crippen molar-refractivity contribution < 1.29 is 19.0 Å². The fourth-order valence-corrected chi connectivity index (χ4v) is 4.52. The van der Waals surface area contributed by atoms with Gasteiger partial charge in [-0.05, 0) is 44.0 Å². The summed E-state index contributed by atoms with van der Waals surface area (Å²) >= 11 is 0. The lowest BCUT2D eigenvalue weighted by Crippen LogP contribution is -2.69. The van der Waals surface area contributed by atoms with E-state index < -0.39 is 11.3 Å². The lowest BCUT2D eigenvalue weighted by Gasteiger charge is -2.49. The number of phenolic OH excluding ortho intramolecular Hbond substituents is 1. The largest absolute Gasteiger partial charge is 0.508 e. The standard InChI is InChI=1S/C21H23FN2O3/c1-12-8-13(25)9-17-18(12)15(14-6-4-5-7-16(14)22)10-21(27-17)11-20(2,3)23-19(26)24-21/h4-9,15,25H,10-11H2,1-3H3,(H2,23,24,26)/t15-,21+/m0/s1. The Balaban J connectivity index is 1.89. The molecule has 0 unspecified atom stereocenters. The number of carbonyl (C=O) groups excluding carboxylic acids is 1. The van der Waals surface area contributed by atoms with E-state index in [1.165, 1.54) is 12.1 Å². The van der Waals surface area contributed by atoms with Gasteiger partial charge in [-0.25, -0.2) is 9.18 Å². The molecule has 4 rings (SSSR count). The van der Waals surface area contributed by atoms with Crippen molar-refractivity contribution in [2.75, 3.05) is 0 Å². The van der Waals surface area contributed by atoms with Gasteiger partial charge in [0.1, 0.15) is 17.3 Å². The molecule has 2 aliphatic heterocycles. The number of hydrogen-bond donors (Lipinski definition) is 3. The molecule has 2 aliphatic rings. The SMILES string of the molecule is Cc1cc(O)cc2c1[C@H](c1ccccc1F)C[C@]1(CC(C)(C)NC(=O)N1)O2. The van der Waals surface area contributed by atoms with E-state index in [1.807, 2.05) is 20.8 Å². The Labute approximate surface area is 157 Å². The van der Waals surface area contributed by atoms with Crippen LogP contribution in [0.3, 0.4) is 0 Å². The number of ether oxygens (including phenoxy) is 1. The first-order chi connectivity index (χ1) is 12.7. The second-order valence-electron chi connectivity index (χ2n) is 8.19. The molecule has 2 heterocycles. The van der Waals surface area contributed by atoms with Crippen LogP contribution in [0.15, 0.2) is 36.4 Å². The van der Waals surface area contributed by atoms with Crippen LogP contribution in [-0.2, 0) is 0 Å². The van der Waals surface area contributed by atoms with Crippen LogP contribution in [0.5, 0.6) is 11.5 Å². The highest BCUT2D eigenvalue weighted by molar-refractivity contribution is 5.77. The Kier molecular flexibility index (Phi) is 3.84. The Bertz CT molecular complexity index is 928. The predicted molar refractivity (Wildman–Crippen MR) is 99.4 cm³/mol. The normalized spacial score (nSPS) is 25.9. The molecule has 0 radical (unpaired) electrons. The lowest BCUT2D eigenvalue weighted by atomic mass is 9.76. The molecule has 27 heavy (non-hydrogen) atoms. The summed E-state index contributed by atoms with van der Waals surface area (Å²) in [5.74, 6) is -0.0395. The van der Waals surface area contributed by atoms with E-state index in [0.29, 0.717) is 24.2 Å². The van der Waals surface area contributed by atoms with Gasteiger partial charge in [0.05, 0.1) is 0 Å². The molecule has 0 saturated carbocycles. The van der Waals surface area contributed by atoms with E-state index in [-0.39, 0.29) is 23.5 Å². The summed E-state index contributed by atoms with van der Waals surface area (Å²) in [7, 11) is 0. The highest BCUT2D eigenvalue weighted by Crippen LogP contribution is 2.49. The first-order valence-electron chi connectivity index (χ1n) is 9.05. The topological polar surface area (TPSA) is 70.6 Å². The summed E-state index contributed by atoms with van der Waals surface area (Å²) < 4.78 is 20.9. The van der Waals surface area contributed by atoms with Crippen LogP contribution in [0, 0.1) is 12.7 Å². The smallest absolute Gasteiger partial charge is 0.318 e. The third-order valence-electron chi connectivity index (χ3n) is 5.32. The number of urea groups is 1. The van der Waals surface area contributed by atoms with Crippen molar-refractivity contribution in [1.29, 1.82) is 0 Å². The first-order valence-corrected chi connectivity index (χ1v) is 9.05. The van der Waals surface area contributed by atoms with E-state index in [1.54, 1.807) is 24.3 Å². The van der Waals surface area contributed by atoms with E-state index in [4.69, 9.17) is 4.74 Å². The third kappa shape index (κ3) is 3.09. The number of fused-ring (bicyclic) bond motifs is 1. The number of hydrogen-bond acceptors (Lipinski definition) is 3. The van der Waals surface area contributed by atoms with Gasteiger partial charge in [-0.1, -0.05) is 18.2 Å². The zero-order chi connectivity index (χ0) is 19.4. The average Bonchev–Trinajstić information content (AvgIpc) is 2.51. The molecule has 2 aromatic carbocycles. The summed E-state index contributed by atoms with van der Waals surface area (Å²) in [6.07, 6.45) is 0.911. The molecule has 6 heteroatoms. The summed E-state index contributed by atoms with van der Waals surface area (Å²) in [5.41, 5.74) is 0.764. The molecule has 1 spiro atoms. The molecule has 142 valence electrons. The van der Waals surface area contributed by atoms with Crippen molar-refractivity contribution in [1.82, 2.24) is 10.6 Å². The summed E-state index contributed by atoms with van der Waals surface area (Å²) in [5, 5.41) is 15.9. The maximum atomic E-state index is 14.7. The molecule has 2 aromatic rings. The van der Waals surface area contributed by atoms with Gasteiger partial charge in [-0.2, -0.15) is 0 Å². The minimum absolute atomic E-state index is 0.0788. The number of benzene rings is 2. The Morgan fingerprint density at radius 3 is 2.67 bits per heavy atom. The predicted octanol–water partition coefficient (Wildman–Crippen LogP) is 3.93. The number of phenols is 1. The maximum absolute atomic E-state index is 14.7. The zero-order valence-electron chi connectivity index (χ0n) is 15.6. The van der Waals surface area contributed by atoms with Gasteiger partial charge >= 0.3 is 6.03 Å². The number of nitrogens with one attached hydrogen (secondary N) is 2. The third-order valence-corrected chi connectivity index (χ3v) is 5.32. The fourth-order valence-electron chi connectivity index (χ4n) is 4.52. The van der Waals surface area contributed by atoms with Gasteiger partial charge in [-0.15, -0.1) is 0 Å². The van der Waals surface area contributed by atoms with Gasteiger partial charge in [0.25, 0.3) is 0 Å². The quantitative estimate of drug-likeness (QED) is 0.712. The number of carbonyl (C=O) groups is 1. The summed E-state index contributed by atoms with van der Waals surface area (Å²) in [4.78, 5) is 12.3. The maximum Gasteiger partial charge on any atom is 0.318 e. The number of halogens is 1. The van der Waals surface area contributed by atoms with Crippen molar-refractivity contribution in [3.05, 3.63) is 58.9 Å². The molecule has 5 nitrogen and oxygen atoms in total. The number of amides is 2. The highest BCUT2D eigenvalue weighted by Gasteiger charge is 2.50. The van der Waals surface area contributed by atoms with E-state index >= 15 is 0 Å². The minimum Gasteiger partial charge on any atom is -0.508 e. The first kappa shape index (κ1) is 17.6. The highest BCUT2D eigenvalue weighted by atomic mass is 19.1. The van der Waals surface area contributed by atoms with Crippen LogP contribution in [0.2, 0.25) is 0 Å². The Morgan fingerprint density at radius 2 is 1.96 bits per heavy atom. The minimum atomic E-state index is -0.980. The van der Waals surface area contributed by atoms with Crippen LogP contribution >= 0.6 is 0 Å². The fraction of sp³-hybridized carbons (Fsp3) is 0.381. The van der Waals surface area contributed by atoms with Crippen molar-refractivity contribution in [3.63, 3.8) is 0 Å². The zero-order valence-corrected chi connectivity index (χ0v) is 15.6. The molecule has 0 aliphatic carbocycles. The van der Waals surface area contributed by atoms with Crippen molar-refractivity contribution >= 4 is 6.03 Å². The molecule has 0 bridgehead atoms. The van der Waals surface area contributed by atoms with Crippen molar-refractivity contribution in [2.24, 2.45) is 0 Å². The molecule has 1 fully saturated rings. The van der Waals surface area contributed by atoms with Crippen LogP contribution in [0.1, 0.15) is 49.3 Å². The van der Waals surface area contributed by atoms with Crippen LogP contribution < -0.4 is 15.4 Å². The molecule has 3 N–H and O–H groups in total. The second-order valence-corrected chi connectivity index (χ2v) is 8.19. The van der Waals surface area contributed by atoms with E-state index in [9.17, 15) is 14.3 Å². The monoisotopic (exact) mass is 370 g/mol. The van der Waals surface area contributed by atoms with Crippen molar-refractivity contribution in [3.8, 4) is 11.5 Å². The Morgan fingerprint density at radius 1 is 1.22 bits per heavy atom. The molecule has 2 atom stereocenters. The molecule has 1 saturated heterocycles. The van der Waals surface area contributed by atoms with Crippen molar-refractivity contribution in [2.45, 2.75) is 50.8 Å². The van der Waals surface area contributed by atoms with E-state index in [2.05, 4.69) is 10.6 Å². The summed E-state index contributed by atoms with van der Waals surface area (Å²) in [6.45, 7) is 5.73.